The van der Waals surface area contributed by atoms with Gasteiger partial charge in [-0.2, -0.15) is 4.31 Å². The minimum atomic E-state index is -3.56. The fraction of sp³-hybridized carbons (Fsp3) is 0.611. The topological polar surface area (TPSA) is 66.5 Å². The second-order valence-electron chi connectivity index (χ2n) is 6.55. The van der Waals surface area contributed by atoms with Gasteiger partial charge < -0.3 is 5.32 Å². The Labute approximate surface area is 145 Å². The van der Waals surface area contributed by atoms with Gasteiger partial charge in [0.1, 0.15) is 0 Å². The van der Waals surface area contributed by atoms with Gasteiger partial charge >= 0.3 is 0 Å². The zero-order valence-corrected chi connectivity index (χ0v) is 15.7. The number of carbonyl (C=O) groups excluding carboxylic acids is 1. The van der Waals surface area contributed by atoms with Gasteiger partial charge in [-0.3, -0.25) is 4.79 Å². The SMILES string of the molecule is CCCCNC(=O)c1cc(S(=O)(=O)N2CCCCC2C)ccc1C. The van der Waals surface area contributed by atoms with Crippen molar-refractivity contribution in [2.75, 3.05) is 13.1 Å². The lowest BCUT2D eigenvalue weighted by Crippen LogP contribution is -2.42. The average molecular weight is 353 g/mol. The van der Waals surface area contributed by atoms with Crippen LogP contribution in [0.1, 0.15) is 61.9 Å². The van der Waals surface area contributed by atoms with Gasteiger partial charge in [-0.1, -0.05) is 25.8 Å². The van der Waals surface area contributed by atoms with Crippen molar-refractivity contribution in [2.24, 2.45) is 0 Å². The Hall–Kier alpha value is -1.40. The average Bonchev–Trinajstić information content (AvgIpc) is 2.55. The lowest BCUT2D eigenvalue weighted by molar-refractivity contribution is 0.0952. The quantitative estimate of drug-likeness (QED) is 0.800. The van der Waals surface area contributed by atoms with Gasteiger partial charge in [0.05, 0.1) is 4.90 Å². The van der Waals surface area contributed by atoms with Crippen LogP contribution < -0.4 is 5.32 Å². The molecule has 1 N–H and O–H groups in total. The summed E-state index contributed by atoms with van der Waals surface area (Å²) in [6.45, 7) is 6.99. The van der Waals surface area contributed by atoms with E-state index in [1.807, 2.05) is 13.8 Å². The number of hydrogen-bond acceptors (Lipinski definition) is 3. The molecule has 6 heteroatoms. The Morgan fingerprint density at radius 3 is 2.75 bits per heavy atom. The maximum absolute atomic E-state index is 12.9. The molecule has 1 aliphatic heterocycles. The van der Waals surface area contributed by atoms with Crippen molar-refractivity contribution in [3.05, 3.63) is 29.3 Å². The summed E-state index contributed by atoms with van der Waals surface area (Å²) in [6.07, 6.45) is 4.75. The summed E-state index contributed by atoms with van der Waals surface area (Å²) in [5, 5.41) is 2.86. The lowest BCUT2D eigenvalue weighted by atomic mass is 10.1. The molecule has 0 radical (unpaired) electrons. The van der Waals surface area contributed by atoms with Gasteiger partial charge in [0.2, 0.25) is 10.0 Å². The van der Waals surface area contributed by atoms with E-state index in [4.69, 9.17) is 0 Å². The van der Waals surface area contributed by atoms with Crippen LogP contribution in [0.25, 0.3) is 0 Å². The van der Waals surface area contributed by atoms with Crippen LogP contribution in [-0.4, -0.2) is 37.8 Å². The van der Waals surface area contributed by atoms with E-state index < -0.39 is 10.0 Å². The molecule has 0 aliphatic carbocycles. The molecule has 1 heterocycles. The van der Waals surface area contributed by atoms with Crippen molar-refractivity contribution < 1.29 is 13.2 Å². The molecule has 1 aliphatic rings. The highest BCUT2D eigenvalue weighted by atomic mass is 32.2. The van der Waals surface area contributed by atoms with Crippen LogP contribution in [0.5, 0.6) is 0 Å². The van der Waals surface area contributed by atoms with Gasteiger partial charge in [0.25, 0.3) is 5.91 Å². The van der Waals surface area contributed by atoms with Crippen LogP contribution in [0.2, 0.25) is 0 Å². The third-order valence-electron chi connectivity index (χ3n) is 4.62. The number of carbonyl (C=O) groups is 1. The fourth-order valence-electron chi connectivity index (χ4n) is 3.04. The Morgan fingerprint density at radius 1 is 1.33 bits per heavy atom. The second-order valence-corrected chi connectivity index (χ2v) is 8.44. The zero-order chi connectivity index (χ0) is 17.7. The number of piperidine rings is 1. The zero-order valence-electron chi connectivity index (χ0n) is 14.8. The number of rotatable bonds is 6. The van der Waals surface area contributed by atoms with E-state index in [1.165, 1.54) is 6.07 Å². The van der Waals surface area contributed by atoms with Crippen molar-refractivity contribution >= 4 is 15.9 Å². The van der Waals surface area contributed by atoms with Crippen LogP contribution in [0.3, 0.4) is 0 Å². The van der Waals surface area contributed by atoms with E-state index >= 15 is 0 Å². The maximum Gasteiger partial charge on any atom is 0.251 e. The Kier molecular flexibility index (Phi) is 6.40. The number of nitrogens with one attached hydrogen (secondary N) is 1. The van der Waals surface area contributed by atoms with E-state index in [1.54, 1.807) is 16.4 Å². The number of unbranched alkanes of at least 4 members (excludes halogenated alkanes) is 1. The molecule has 0 aromatic heterocycles. The molecule has 24 heavy (non-hydrogen) atoms. The summed E-state index contributed by atoms with van der Waals surface area (Å²) in [4.78, 5) is 12.6. The Morgan fingerprint density at radius 2 is 2.08 bits per heavy atom. The number of sulfonamides is 1. The molecular weight excluding hydrogens is 324 g/mol. The van der Waals surface area contributed by atoms with Crippen molar-refractivity contribution in [2.45, 2.75) is 63.8 Å². The number of amides is 1. The number of benzene rings is 1. The first-order chi connectivity index (χ1) is 11.4. The summed E-state index contributed by atoms with van der Waals surface area (Å²) in [5.41, 5.74) is 1.23. The monoisotopic (exact) mass is 352 g/mol. The molecule has 1 saturated heterocycles. The largest absolute Gasteiger partial charge is 0.352 e. The standard InChI is InChI=1S/C18H28N2O3S/c1-4-5-11-19-18(21)17-13-16(10-9-14(17)2)24(22,23)20-12-7-6-8-15(20)3/h9-10,13,15H,4-8,11-12H2,1-3H3,(H,19,21). The predicted molar refractivity (Wildman–Crippen MR) is 95.6 cm³/mol. The smallest absolute Gasteiger partial charge is 0.251 e. The predicted octanol–water partition coefficient (Wildman–Crippen LogP) is 3.09. The van der Waals surface area contributed by atoms with Crippen molar-refractivity contribution in [1.29, 1.82) is 0 Å². The normalized spacial score (nSPS) is 19.2. The van der Waals surface area contributed by atoms with Gasteiger partial charge in [0, 0.05) is 24.7 Å². The molecule has 134 valence electrons. The first kappa shape index (κ1) is 18.9. The molecular formula is C18H28N2O3S. The Balaban J connectivity index is 2.27. The van der Waals surface area contributed by atoms with Gasteiger partial charge in [-0.15, -0.1) is 0 Å². The third-order valence-corrected chi connectivity index (χ3v) is 6.63. The van der Waals surface area contributed by atoms with Crippen LogP contribution in [-0.2, 0) is 10.0 Å². The molecule has 0 saturated carbocycles. The van der Waals surface area contributed by atoms with Gasteiger partial charge in [-0.05, 0) is 50.8 Å². The van der Waals surface area contributed by atoms with Crippen LogP contribution in [0, 0.1) is 6.92 Å². The number of hydrogen-bond donors (Lipinski definition) is 1. The highest BCUT2D eigenvalue weighted by Crippen LogP contribution is 2.26. The van der Waals surface area contributed by atoms with E-state index in [0.717, 1.165) is 37.7 Å². The first-order valence-electron chi connectivity index (χ1n) is 8.78. The summed E-state index contributed by atoms with van der Waals surface area (Å²) >= 11 is 0. The molecule has 1 amide bonds. The number of nitrogens with zero attached hydrogens (tertiary/aromatic N) is 1. The second kappa shape index (κ2) is 8.12. The molecule has 0 bridgehead atoms. The number of aryl methyl sites for hydroxylation is 1. The fourth-order valence-corrected chi connectivity index (χ4v) is 4.77. The molecule has 1 aromatic rings. The summed E-state index contributed by atoms with van der Waals surface area (Å²) < 4.78 is 27.4. The van der Waals surface area contributed by atoms with Crippen molar-refractivity contribution in [3.63, 3.8) is 0 Å². The molecule has 1 aromatic carbocycles. The molecule has 1 atom stereocenters. The summed E-state index contributed by atoms with van der Waals surface area (Å²) in [5.74, 6) is -0.204. The van der Waals surface area contributed by atoms with Crippen LogP contribution in [0.15, 0.2) is 23.1 Å². The molecule has 0 spiro atoms. The van der Waals surface area contributed by atoms with Crippen LogP contribution >= 0.6 is 0 Å². The van der Waals surface area contributed by atoms with Gasteiger partial charge in [0.15, 0.2) is 0 Å². The molecule has 1 unspecified atom stereocenters. The third kappa shape index (κ3) is 4.16. The maximum atomic E-state index is 12.9. The van der Waals surface area contributed by atoms with Gasteiger partial charge in [-0.25, -0.2) is 8.42 Å². The highest BCUT2D eigenvalue weighted by molar-refractivity contribution is 7.89. The van der Waals surface area contributed by atoms with Crippen molar-refractivity contribution in [1.82, 2.24) is 9.62 Å². The van der Waals surface area contributed by atoms with Crippen LogP contribution in [0.4, 0.5) is 0 Å². The van der Waals surface area contributed by atoms with E-state index in [0.29, 0.717) is 18.7 Å². The molecule has 1 fully saturated rings. The first-order valence-corrected chi connectivity index (χ1v) is 10.2. The minimum Gasteiger partial charge on any atom is -0.352 e. The minimum absolute atomic E-state index is 0.00637. The van der Waals surface area contributed by atoms with E-state index in [-0.39, 0.29) is 16.8 Å². The lowest BCUT2D eigenvalue weighted by Gasteiger charge is -2.32. The van der Waals surface area contributed by atoms with Crippen molar-refractivity contribution in [3.8, 4) is 0 Å². The summed E-state index contributed by atoms with van der Waals surface area (Å²) in [7, 11) is -3.56. The molecule has 5 nitrogen and oxygen atoms in total. The van der Waals surface area contributed by atoms with E-state index in [2.05, 4.69) is 12.2 Å². The Bertz CT molecular complexity index is 686. The summed E-state index contributed by atoms with van der Waals surface area (Å²) in [6, 6.07) is 4.85. The highest BCUT2D eigenvalue weighted by Gasteiger charge is 2.31. The molecule has 2 rings (SSSR count). The van der Waals surface area contributed by atoms with E-state index in [9.17, 15) is 13.2 Å².